The molecule has 0 aromatic rings. The highest BCUT2D eigenvalue weighted by molar-refractivity contribution is 8.13. The Morgan fingerprint density at radius 3 is 2.56 bits per heavy atom. The summed E-state index contributed by atoms with van der Waals surface area (Å²) in [5.41, 5.74) is 0. The molecule has 0 spiro atoms. The number of hydrogen-bond donors (Lipinski definition) is 1. The molecule has 0 amide bonds. The predicted molar refractivity (Wildman–Crippen MR) is 72.5 cm³/mol. The quantitative estimate of drug-likeness (QED) is 0.244. The average molecular weight is 241 g/mol. The molecule has 16 heavy (non-hydrogen) atoms. The molecule has 0 bridgehead atoms. The highest BCUT2D eigenvalue weighted by atomic mass is 32.2. The zero-order chi connectivity index (χ0) is 12.2. The van der Waals surface area contributed by atoms with Crippen LogP contribution in [-0.2, 0) is 0 Å². The first-order valence-electron chi connectivity index (χ1n) is 5.94. The lowest BCUT2D eigenvalue weighted by Gasteiger charge is -2.03. The molecule has 0 heterocycles. The summed E-state index contributed by atoms with van der Waals surface area (Å²) in [6.07, 6.45) is 10.1. The number of hydrogen-bond acceptors (Lipinski definition) is 3. The van der Waals surface area contributed by atoms with Gasteiger partial charge in [0.15, 0.2) is 11.4 Å². The third-order valence-corrected chi connectivity index (χ3v) is 2.92. The van der Waals surface area contributed by atoms with Crippen LogP contribution < -0.4 is 5.32 Å². The van der Waals surface area contributed by atoms with Gasteiger partial charge in [-0.05, 0) is 18.6 Å². The minimum atomic E-state index is 0.727. The summed E-state index contributed by atoms with van der Waals surface area (Å²) >= 11 is 1.48. The molecule has 0 aliphatic heterocycles. The van der Waals surface area contributed by atoms with E-state index in [-0.39, 0.29) is 0 Å². The van der Waals surface area contributed by atoms with E-state index in [4.69, 9.17) is 5.26 Å². The van der Waals surface area contributed by atoms with Crippen molar-refractivity contribution in [3.8, 4) is 6.19 Å². The molecule has 0 radical (unpaired) electrons. The van der Waals surface area contributed by atoms with E-state index in [0.717, 1.165) is 24.1 Å². The van der Waals surface area contributed by atoms with Gasteiger partial charge >= 0.3 is 0 Å². The molecular formula is C12H23N3S. The van der Waals surface area contributed by atoms with Gasteiger partial charge in [-0.2, -0.15) is 5.26 Å². The molecule has 0 rings (SSSR count). The van der Waals surface area contributed by atoms with Crippen LogP contribution in [0.1, 0.15) is 46.0 Å². The monoisotopic (exact) mass is 241 g/mol. The van der Waals surface area contributed by atoms with Crippen molar-refractivity contribution < 1.29 is 0 Å². The maximum Gasteiger partial charge on any atom is 0.183 e. The smallest absolute Gasteiger partial charge is 0.183 e. The van der Waals surface area contributed by atoms with Crippen LogP contribution in [0, 0.1) is 17.4 Å². The van der Waals surface area contributed by atoms with E-state index in [0.29, 0.717) is 0 Å². The van der Waals surface area contributed by atoms with Crippen LogP contribution in [0.2, 0.25) is 0 Å². The number of rotatable bonds is 7. The lowest BCUT2D eigenvalue weighted by Crippen LogP contribution is -2.13. The van der Waals surface area contributed by atoms with Gasteiger partial charge in [0, 0.05) is 6.54 Å². The molecule has 4 heteroatoms. The fraction of sp³-hybridized carbons (Fsp3) is 0.833. The fourth-order valence-corrected chi connectivity index (χ4v) is 1.77. The lowest BCUT2D eigenvalue weighted by molar-refractivity contribution is 0.521. The van der Waals surface area contributed by atoms with Crippen molar-refractivity contribution >= 4 is 16.9 Å². The predicted octanol–water partition coefficient (Wildman–Crippen LogP) is 3.38. The van der Waals surface area contributed by atoms with Gasteiger partial charge in [-0.3, -0.25) is 10.3 Å². The van der Waals surface area contributed by atoms with Crippen molar-refractivity contribution in [1.82, 2.24) is 5.32 Å². The third-order valence-electron chi connectivity index (χ3n) is 2.30. The molecule has 0 aromatic heterocycles. The Hall–Kier alpha value is -0.690. The highest BCUT2D eigenvalue weighted by Gasteiger charge is 1.95. The Kier molecular flexibility index (Phi) is 10.3. The Labute approximate surface area is 104 Å². The van der Waals surface area contributed by atoms with Crippen molar-refractivity contribution in [2.45, 2.75) is 46.0 Å². The molecule has 92 valence electrons. The van der Waals surface area contributed by atoms with Crippen LogP contribution in [0.3, 0.4) is 0 Å². The average Bonchev–Trinajstić information content (AvgIpc) is 2.26. The van der Waals surface area contributed by atoms with E-state index < -0.39 is 0 Å². The van der Waals surface area contributed by atoms with Crippen molar-refractivity contribution in [2.75, 3.05) is 12.8 Å². The van der Waals surface area contributed by atoms with Gasteiger partial charge in [0.25, 0.3) is 0 Å². The van der Waals surface area contributed by atoms with Crippen molar-refractivity contribution in [3.63, 3.8) is 0 Å². The summed E-state index contributed by atoms with van der Waals surface area (Å²) in [5, 5.41) is 11.7. The van der Waals surface area contributed by atoms with E-state index in [9.17, 15) is 0 Å². The number of nitrogens with zero attached hydrogens (tertiary/aromatic N) is 2. The van der Waals surface area contributed by atoms with Crippen LogP contribution in [0.15, 0.2) is 4.99 Å². The second-order valence-electron chi connectivity index (χ2n) is 4.22. The van der Waals surface area contributed by atoms with Gasteiger partial charge in [0.05, 0.1) is 0 Å². The summed E-state index contributed by atoms with van der Waals surface area (Å²) in [6, 6.07) is 0. The van der Waals surface area contributed by atoms with Gasteiger partial charge < -0.3 is 0 Å². The van der Waals surface area contributed by atoms with Crippen LogP contribution in [0.4, 0.5) is 0 Å². The van der Waals surface area contributed by atoms with E-state index >= 15 is 0 Å². The minimum Gasteiger partial charge on any atom is -0.272 e. The maximum atomic E-state index is 8.44. The number of nitrogens with one attached hydrogen (secondary N) is 1. The zero-order valence-electron chi connectivity index (χ0n) is 10.6. The Morgan fingerprint density at radius 2 is 2.00 bits per heavy atom. The maximum absolute atomic E-state index is 8.44. The second-order valence-corrected chi connectivity index (χ2v) is 5.02. The largest absolute Gasteiger partial charge is 0.272 e. The first-order chi connectivity index (χ1) is 7.70. The van der Waals surface area contributed by atoms with Gasteiger partial charge in [0.2, 0.25) is 0 Å². The van der Waals surface area contributed by atoms with E-state index in [2.05, 4.69) is 24.2 Å². The number of aliphatic imine (C=N–C) groups is 1. The molecule has 0 aliphatic carbocycles. The van der Waals surface area contributed by atoms with Crippen LogP contribution in [0.5, 0.6) is 0 Å². The molecule has 0 saturated heterocycles. The summed E-state index contributed by atoms with van der Waals surface area (Å²) < 4.78 is 0. The number of amidine groups is 1. The molecule has 0 aromatic carbocycles. The number of nitriles is 1. The number of unbranched alkanes of at least 4 members (excludes halogenated alkanes) is 3. The van der Waals surface area contributed by atoms with Gasteiger partial charge in [0.1, 0.15) is 0 Å². The van der Waals surface area contributed by atoms with E-state index in [1.165, 1.54) is 37.4 Å². The molecule has 0 saturated carbocycles. The summed E-state index contributed by atoms with van der Waals surface area (Å²) in [7, 11) is 0. The van der Waals surface area contributed by atoms with Gasteiger partial charge in [-0.25, -0.2) is 0 Å². The van der Waals surface area contributed by atoms with Crippen molar-refractivity contribution in [2.24, 2.45) is 10.9 Å². The normalized spacial score (nSPS) is 11.6. The van der Waals surface area contributed by atoms with Crippen LogP contribution in [-0.4, -0.2) is 18.0 Å². The van der Waals surface area contributed by atoms with Gasteiger partial charge in [-0.15, -0.1) is 0 Å². The summed E-state index contributed by atoms with van der Waals surface area (Å²) in [4.78, 5) is 4.31. The second kappa shape index (κ2) is 10.8. The third kappa shape index (κ3) is 9.85. The fourth-order valence-electron chi connectivity index (χ4n) is 1.40. The SMILES string of the molecule is CSC(=NCCCCCCC(C)C)NC#N. The summed E-state index contributed by atoms with van der Waals surface area (Å²) in [6.45, 7) is 5.36. The molecule has 1 N–H and O–H groups in total. The molecule has 0 atom stereocenters. The Morgan fingerprint density at radius 1 is 1.31 bits per heavy atom. The van der Waals surface area contributed by atoms with Crippen LogP contribution in [0.25, 0.3) is 0 Å². The Bertz CT molecular complexity index is 231. The Balaban J connectivity index is 3.41. The first-order valence-corrected chi connectivity index (χ1v) is 7.16. The summed E-state index contributed by atoms with van der Waals surface area (Å²) in [5.74, 6) is 0.820. The van der Waals surface area contributed by atoms with E-state index in [1.54, 1.807) is 0 Å². The lowest BCUT2D eigenvalue weighted by atomic mass is 10.0. The van der Waals surface area contributed by atoms with Crippen LogP contribution >= 0.6 is 11.8 Å². The topological polar surface area (TPSA) is 48.2 Å². The van der Waals surface area contributed by atoms with Crippen molar-refractivity contribution in [3.05, 3.63) is 0 Å². The number of thioether (sulfide) groups is 1. The van der Waals surface area contributed by atoms with Crippen molar-refractivity contribution in [1.29, 1.82) is 5.26 Å². The highest BCUT2D eigenvalue weighted by Crippen LogP contribution is 2.09. The zero-order valence-corrected chi connectivity index (χ0v) is 11.4. The molecule has 0 fully saturated rings. The van der Waals surface area contributed by atoms with Gasteiger partial charge in [-0.1, -0.05) is 51.3 Å². The first kappa shape index (κ1) is 15.3. The molecule has 0 unspecified atom stereocenters. The molecular weight excluding hydrogens is 218 g/mol. The standard InChI is InChI=1S/C12H23N3S/c1-11(2)8-6-4-5-7-9-14-12(16-3)15-10-13/h11H,4-9H2,1-3H3,(H,14,15). The molecule has 0 aliphatic rings. The van der Waals surface area contributed by atoms with E-state index in [1.807, 2.05) is 12.4 Å². The molecule has 3 nitrogen and oxygen atoms in total. The minimum absolute atomic E-state index is 0.727.